The monoisotopic (exact) mass is 338 g/mol. The van der Waals surface area contributed by atoms with Gasteiger partial charge in [-0.15, -0.1) is 0 Å². The summed E-state index contributed by atoms with van der Waals surface area (Å²) in [6.45, 7) is 12.9. The molecule has 0 aliphatic rings. The summed E-state index contributed by atoms with van der Waals surface area (Å²) in [6.07, 6.45) is 15.8. The molecular weight excluding hydrogens is 296 g/mol. The van der Waals surface area contributed by atoms with E-state index in [9.17, 15) is 4.79 Å². The first kappa shape index (κ1) is 23.2. The molecule has 0 spiro atoms. The molecule has 142 valence electrons. The van der Waals surface area contributed by atoms with E-state index in [1.54, 1.807) is 6.92 Å². The first-order chi connectivity index (χ1) is 11.5. The van der Waals surface area contributed by atoms with Gasteiger partial charge in [0.15, 0.2) is 0 Å². The third kappa shape index (κ3) is 14.8. The number of ether oxygens (including phenoxy) is 1. The highest BCUT2D eigenvalue weighted by Gasteiger charge is 2.06. The molecule has 0 aromatic rings. The van der Waals surface area contributed by atoms with Gasteiger partial charge in [0.2, 0.25) is 0 Å². The van der Waals surface area contributed by atoms with Crippen LogP contribution in [0.15, 0.2) is 12.2 Å². The van der Waals surface area contributed by atoms with E-state index in [1.807, 2.05) is 0 Å². The van der Waals surface area contributed by atoms with Crippen LogP contribution < -0.4 is 0 Å². The Labute approximate surface area is 151 Å². The number of unbranched alkanes of at least 4 members (excludes halogenated alkanes) is 5. The molecule has 2 atom stereocenters. The van der Waals surface area contributed by atoms with Gasteiger partial charge in [0.25, 0.3) is 0 Å². The van der Waals surface area contributed by atoms with E-state index in [0.717, 1.165) is 24.7 Å². The summed E-state index contributed by atoms with van der Waals surface area (Å²) in [4.78, 5) is 11.2. The molecule has 0 saturated carbocycles. The second kappa shape index (κ2) is 15.7. The molecule has 2 unspecified atom stereocenters. The van der Waals surface area contributed by atoms with Crippen LogP contribution in [-0.2, 0) is 9.53 Å². The van der Waals surface area contributed by atoms with Crippen molar-refractivity contribution in [2.45, 2.75) is 105 Å². The summed E-state index contributed by atoms with van der Waals surface area (Å²) in [7, 11) is 0. The second-order valence-electron chi connectivity index (χ2n) is 7.76. The lowest BCUT2D eigenvalue weighted by molar-refractivity contribution is -0.139. The van der Waals surface area contributed by atoms with Crippen LogP contribution in [0.4, 0.5) is 0 Å². The number of carbonyl (C=O) groups is 1. The molecule has 0 N–H and O–H groups in total. The van der Waals surface area contributed by atoms with Crippen LogP contribution >= 0.6 is 0 Å². The molecule has 2 heteroatoms. The smallest absolute Gasteiger partial charge is 0.333 e. The van der Waals surface area contributed by atoms with Crippen LogP contribution in [0.3, 0.4) is 0 Å². The zero-order valence-electron chi connectivity index (χ0n) is 16.9. The zero-order valence-corrected chi connectivity index (χ0v) is 16.9. The van der Waals surface area contributed by atoms with E-state index in [1.165, 1.54) is 64.2 Å². The van der Waals surface area contributed by atoms with Crippen molar-refractivity contribution in [1.29, 1.82) is 0 Å². The molecule has 0 amide bonds. The van der Waals surface area contributed by atoms with Gasteiger partial charge in [-0.1, -0.05) is 91.6 Å². The average Bonchev–Trinajstić information content (AvgIpc) is 2.55. The van der Waals surface area contributed by atoms with Crippen LogP contribution in [0.5, 0.6) is 0 Å². The Morgan fingerprint density at radius 2 is 1.29 bits per heavy atom. The van der Waals surface area contributed by atoms with E-state index >= 15 is 0 Å². The molecule has 2 nitrogen and oxygen atoms in total. The fraction of sp³-hybridized carbons (Fsp3) is 0.864. The Bertz CT molecular complexity index is 322. The van der Waals surface area contributed by atoms with Crippen molar-refractivity contribution >= 4 is 5.97 Å². The Balaban J connectivity index is 3.41. The molecule has 0 heterocycles. The quantitative estimate of drug-likeness (QED) is 0.171. The van der Waals surface area contributed by atoms with Gasteiger partial charge in [-0.05, 0) is 31.6 Å². The van der Waals surface area contributed by atoms with E-state index < -0.39 is 0 Å². The Hall–Kier alpha value is -0.790. The van der Waals surface area contributed by atoms with Gasteiger partial charge in [0, 0.05) is 5.57 Å². The standard InChI is InChI=1S/C22H42O2/c1-6-7-8-9-14-20(4)15-10-11-16-21(5)17-12-13-18-24-22(23)19(2)3/h20-21H,2,6-18H2,1,3-5H3. The van der Waals surface area contributed by atoms with Gasteiger partial charge in [0.05, 0.1) is 6.61 Å². The number of esters is 1. The summed E-state index contributed by atoms with van der Waals surface area (Å²) in [5, 5.41) is 0. The van der Waals surface area contributed by atoms with Crippen molar-refractivity contribution in [3.63, 3.8) is 0 Å². The first-order valence-electron chi connectivity index (χ1n) is 10.3. The van der Waals surface area contributed by atoms with Crippen LogP contribution in [0, 0.1) is 11.8 Å². The molecule has 0 fully saturated rings. The molecule has 0 radical (unpaired) electrons. The van der Waals surface area contributed by atoms with E-state index in [4.69, 9.17) is 4.74 Å². The van der Waals surface area contributed by atoms with Crippen molar-refractivity contribution in [2.24, 2.45) is 11.8 Å². The van der Waals surface area contributed by atoms with Crippen molar-refractivity contribution in [2.75, 3.05) is 6.61 Å². The fourth-order valence-electron chi connectivity index (χ4n) is 3.08. The van der Waals surface area contributed by atoms with Crippen molar-refractivity contribution in [3.05, 3.63) is 12.2 Å². The molecule has 0 rings (SSSR count). The van der Waals surface area contributed by atoms with Crippen molar-refractivity contribution in [1.82, 2.24) is 0 Å². The predicted molar refractivity (Wildman–Crippen MR) is 105 cm³/mol. The molecule has 0 aliphatic heterocycles. The molecule has 0 saturated heterocycles. The largest absolute Gasteiger partial charge is 0.462 e. The van der Waals surface area contributed by atoms with Gasteiger partial charge in [-0.25, -0.2) is 4.79 Å². The number of rotatable bonds is 16. The Morgan fingerprint density at radius 1 is 0.833 bits per heavy atom. The first-order valence-corrected chi connectivity index (χ1v) is 10.3. The Kier molecular flexibility index (Phi) is 15.2. The average molecular weight is 339 g/mol. The number of carbonyl (C=O) groups excluding carboxylic acids is 1. The predicted octanol–water partition coefficient (Wildman–Crippen LogP) is 7.08. The highest BCUT2D eigenvalue weighted by atomic mass is 16.5. The minimum absolute atomic E-state index is 0.258. The normalized spacial score (nSPS) is 13.5. The summed E-state index contributed by atoms with van der Waals surface area (Å²) >= 11 is 0. The maximum atomic E-state index is 11.2. The molecular formula is C22H42O2. The van der Waals surface area contributed by atoms with Crippen LogP contribution in [0.25, 0.3) is 0 Å². The molecule has 0 aromatic heterocycles. The van der Waals surface area contributed by atoms with Gasteiger partial charge in [0.1, 0.15) is 0 Å². The second-order valence-corrected chi connectivity index (χ2v) is 7.76. The highest BCUT2D eigenvalue weighted by molar-refractivity contribution is 5.86. The van der Waals surface area contributed by atoms with Crippen LogP contribution in [0.1, 0.15) is 105 Å². The molecule has 24 heavy (non-hydrogen) atoms. The van der Waals surface area contributed by atoms with Gasteiger partial charge < -0.3 is 4.74 Å². The summed E-state index contributed by atoms with van der Waals surface area (Å²) in [5.41, 5.74) is 0.489. The third-order valence-electron chi connectivity index (χ3n) is 4.87. The SMILES string of the molecule is C=C(C)C(=O)OCCCCC(C)CCCCC(C)CCCCCC. The molecule has 0 bridgehead atoms. The third-order valence-corrected chi connectivity index (χ3v) is 4.87. The van der Waals surface area contributed by atoms with Crippen LogP contribution in [-0.4, -0.2) is 12.6 Å². The maximum absolute atomic E-state index is 11.2. The molecule has 0 aromatic carbocycles. The lowest BCUT2D eigenvalue weighted by atomic mass is 9.93. The maximum Gasteiger partial charge on any atom is 0.333 e. The molecule has 0 aliphatic carbocycles. The van der Waals surface area contributed by atoms with Crippen molar-refractivity contribution in [3.8, 4) is 0 Å². The number of hydrogen-bond acceptors (Lipinski definition) is 2. The minimum atomic E-state index is -0.258. The minimum Gasteiger partial charge on any atom is -0.462 e. The van der Waals surface area contributed by atoms with E-state index in [2.05, 4.69) is 27.4 Å². The zero-order chi connectivity index (χ0) is 18.2. The summed E-state index contributed by atoms with van der Waals surface area (Å²) in [6, 6.07) is 0. The van der Waals surface area contributed by atoms with Gasteiger partial charge >= 0.3 is 5.97 Å². The summed E-state index contributed by atoms with van der Waals surface area (Å²) < 4.78 is 5.12. The lowest BCUT2D eigenvalue weighted by Crippen LogP contribution is -2.06. The van der Waals surface area contributed by atoms with Crippen molar-refractivity contribution < 1.29 is 9.53 Å². The van der Waals surface area contributed by atoms with E-state index in [-0.39, 0.29) is 5.97 Å². The van der Waals surface area contributed by atoms with Crippen LogP contribution in [0.2, 0.25) is 0 Å². The topological polar surface area (TPSA) is 26.3 Å². The summed E-state index contributed by atoms with van der Waals surface area (Å²) in [5.74, 6) is 1.44. The van der Waals surface area contributed by atoms with Gasteiger partial charge in [-0.2, -0.15) is 0 Å². The number of hydrogen-bond donors (Lipinski definition) is 0. The van der Waals surface area contributed by atoms with E-state index in [0.29, 0.717) is 12.2 Å². The van der Waals surface area contributed by atoms with Gasteiger partial charge in [-0.3, -0.25) is 0 Å². The Morgan fingerprint density at radius 3 is 1.75 bits per heavy atom. The highest BCUT2D eigenvalue weighted by Crippen LogP contribution is 2.20. The lowest BCUT2D eigenvalue weighted by Gasteiger charge is -2.13. The fourth-order valence-corrected chi connectivity index (χ4v) is 3.08.